The minimum Gasteiger partial charge on any atom is -0.367 e. The molecule has 3 aromatic rings. The second kappa shape index (κ2) is 7.86. The molecule has 0 aliphatic carbocycles. The predicted octanol–water partition coefficient (Wildman–Crippen LogP) is 4.62. The number of para-hydroxylation sites is 1. The Morgan fingerprint density at radius 1 is 1.07 bits per heavy atom. The molecule has 7 heteroatoms. The molecule has 1 aliphatic rings. The van der Waals surface area contributed by atoms with Crippen molar-refractivity contribution in [3.8, 4) is 0 Å². The Labute approximate surface area is 173 Å². The number of aromatic amines is 1. The molecule has 0 bridgehead atoms. The van der Waals surface area contributed by atoms with Crippen LogP contribution in [0.2, 0.25) is 10.0 Å². The zero-order valence-electron chi connectivity index (χ0n) is 15.5. The molecule has 4 rings (SSSR count). The van der Waals surface area contributed by atoms with E-state index in [0.717, 1.165) is 35.2 Å². The van der Waals surface area contributed by atoms with E-state index in [1.54, 1.807) is 6.07 Å². The Kier molecular flexibility index (Phi) is 5.29. The fourth-order valence-corrected chi connectivity index (χ4v) is 4.00. The van der Waals surface area contributed by atoms with E-state index < -0.39 is 0 Å². The lowest BCUT2D eigenvalue weighted by Crippen LogP contribution is -2.50. The first kappa shape index (κ1) is 18.8. The second-order valence-corrected chi connectivity index (χ2v) is 7.73. The molecule has 144 valence electrons. The van der Waals surface area contributed by atoms with E-state index in [2.05, 4.69) is 21.3 Å². The maximum Gasteiger partial charge on any atom is 0.322 e. The minimum atomic E-state index is -0.117. The summed E-state index contributed by atoms with van der Waals surface area (Å²) in [5.74, 6) is 0. The molecule has 5 nitrogen and oxygen atoms in total. The van der Waals surface area contributed by atoms with Gasteiger partial charge in [-0.25, -0.2) is 9.78 Å². The Bertz CT molecular complexity index is 1010. The molecule has 0 spiro atoms. The van der Waals surface area contributed by atoms with Crippen LogP contribution >= 0.6 is 23.2 Å². The van der Waals surface area contributed by atoms with Crippen LogP contribution in [-0.2, 0) is 0 Å². The highest BCUT2D eigenvalue weighted by atomic mass is 35.5. The van der Waals surface area contributed by atoms with Crippen molar-refractivity contribution >= 4 is 51.5 Å². The number of nitrogens with one attached hydrogen (secondary N) is 2. The molecule has 1 fully saturated rings. The van der Waals surface area contributed by atoms with Crippen molar-refractivity contribution in [3.05, 3.63) is 64.3 Å². The molecule has 1 aliphatic heterocycles. The van der Waals surface area contributed by atoms with Crippen LogP contribution in [0.4, 0.5) is 16.2 Å². The Hall–Kier alpha value is -2.50. The number of amides is 2. The molecule has 2 amide bonds. The number of aromatic nitrogens is 1. The quantitative estimate of drug-likeness (QED) is 0.663. The second-order valence-electron chi connectivity index (χ2n) is 6.89. The minimum absolute atomic E-state index is 0.117. The molecular weight excluding hydrogens is 395 g/mol. The van der Waals surface area contributed by atoms with Gasteiger partial charge in [-0.1, -0.05) is 35.3 Å². The number of hydrogen-bond acceptors (Lipinski definition) is 2. The summed E-state index contributed by atoms with van der Waals surface area (Å²) in [6.07, 6.45) is 1.92. The smallest absolute Gasteiger partial charge is 0.322 e. The third-order valence-corrected chi connectivity index (χ3v) is 5.65. The lowest BCUT2D eigenvalue weighted by atomic mass is 10.1. The molecule has 0 unspecified atom stereocenters. The van der Waals surface area contributed by atoms with Crippen LogP contribution in [0.25, 0.3) is 10.9 Å². The van der Waals surface area contributed by atoms with Crippen molar-refractivity contribution < 1.29 is 9.78 Å². The number of aryl methyl sites for hydroxylation is 1. The van der Waals surface area contributed by atoms with Crippen LogP contribution in [0.15, 0.2) is 48.7 Å². The average Bonchev–Trinajstić information content (AvgIpc) is 2.70. The normalized spacial score (nSPS) is 14.4. The molecule has 1 saturated heterocycles. The van der Waals surface area contributed by atoms with Crippen molar-refractivity contribution in [1.29, 1.82) is 0 Å². The van der Waals surface area contributed by atoms with Gasteiger partial charge >= 0.3 is 6.03 Å². The fraction of sp³-hybridized carbons (Fsp3) is 0.238. The average molecular weight is 416 g/mol. The van der Waals surface area contributed by atoms with Gasteiger partial charge in [0.25, 0.3) is 0 Å². The zero-order valence-corrected chi connectivity index (χ0v) is 17.0. The van der Waals surface area contributed by atoms with Gasteiger partial charge in [0, 0.05) is 43.3 Å². The van der Waals surface area contributed by atoms with E-state index in [9.17, 15) is 4.79 Å². The van der Waals surface area contributed by atoms with Gasteiger partial charge in [0.1, 0.15) is 0 Å². The van der Waals surface area contributed by atoms with Crippen molar-refractivity contribution in [2.24, 2.45) is 0 Å². The number of urea groups is 1. The Morgan fingerprint density at radius 2 is 1.86 bits per heavy atom. The van der Waals surface area contributed by atoms with E-state index in [0.29, 0.717) is 28.8 Å². The molecule has 28 heavy (non-hydrogen) atoms. The summed E-state index contributed by atoms with van der Waals surface area (Å²) in [6.45, 7) is 4.74. The summed E-state index contributed by atoms with van der Waals surface area (Å²) in [7, 11) is 0. The lowest BCUT2D eigenvalue weighted by Gasteiger charge is -2.36. The van der Waals surface area contributed by atoms with Crippen LogP contribution in [0.5, 0.6) is 0 Å². The molecular formula is C21H21Cl2N4O+. The number of benzene rings is 2. The van der Waals surface area contributed by atoms with Gasteiger partial charge in [-0.2, -0.15) is 0 Å². The van der Waals surface area contributed by atoms with Gasteiger partial charge in [0.2, 0.25) is 5.52 Å². The molecule has 0 radical (unpaired) electrons. The maximum absolute atomic E-state index is 12.7. The SMILES string of the molecule is Cc1cccc(Cl)c1NC(=O)N1CCN(c2cc[nH+]c3cc(Cl)ccc23)CC1. The van der Waals surface area contributed by atoms with Crippen molar-refractivity contribution in [1.82, 2.24) is 4.90 Å². The van der Waals surface area contributed by atoms with Gasteiger partial charge in [0.15, 0.2) is 6.20 Å². The number of fused-ring (bicyclic) bond motifs is 1. The van der Waals surface area contributed by atoms with E-state index in [1.165, 1.54) is 0 Å². The van der Waals surface area contributed by atoms with E-state index >= 15 is 0 Å². The highest BCUT2D eigenvalue weighted by Crippen LogP contribution is 2.28. The first-order valence-corrected chi connectivity index (χ1v) is 9.94. The number of rotatable bonds is 2. The number of pyridine rings is 1. The molecule has 0 atom stereocenters. The number of halogens is 2. The summed E-state index contributed by atoms with van der Waals surface area (Å²) in [5, 5.41) is 5.34. The van der Waals surface area contributed by atoms with Gasteiger partial charge in [-0.3, -0.25) is 0 Å². The number of piperazine rings is 1. The van der Waals surface area contributed by atoms with Crippen LogP contribution in [0.3, 0.4) is 0 Å². The third kappa shape index (κ3) is 3.73. The standard InChI is InChI=1S/C21H20Cl2N4O/c1-14-3-2-4-17(23)20(14)25-21(28)27-11-9-26(10-12-27)19-7-8-24-18-13-15(22)5-6-16(18)19/h2-8,13H,9-12H2,1H3,(H,25,28)/p+1. The van der Waals surface area contributed by atoms with Crippen molar-refractivity contribution in [2.75, 3.05) is 36.4 Å². The summed E-state index contributed by atoms with van der Waals surface area (Å²) in [4.78, 5) is 20.0. The largest absolute Gasteiger partial charge is 0.367 e. The monoisotopic (exact) mass is 415 g/mol. The highest BCUT2D eigenvalue weighted by molar-refractivity contribution is 6.34. The summed E-state index contributed by atoms with van der Waals surface area (Å²) in [6, 6.07) is 13.4. The van der Waals surface area contributed by atoms with Gasteiger partial charge in [-0.15, -0.1) is 0 Å². The molecule has 2 N–H and O–H groups in total. The summed E-state index contributed by atoms with van der Waals surface area (Å²) < 4.78 is 0. The van der Waals surface area contributed by atoms with Gasteiger partial charge in [-0.05, 0) is 30.7 Å². The van der Waals surface area contributed by atoms with Gasteiger partial charge < -0.3 is 15.1 Å². The number of carbonyl (C=O) groups excluding carboxylic acids is 1. The van der Waals surface area contributed by atoms with Gasteiger partial charge in [0.05, 0.1) is 21.8 Å². The lowest BCUT2D eigenvalue weighted by molar-refractivity contribution is -0.344. The fourth-order valence-electron chi connectivity index (χ4n) is 3.56. The van der Waals surface area contributed by atoms with E-state index in [-0.39, 0.29) is 6.03 Å². The number of H-pyrrole nitrogens is 1. The first-order chi connectivity index (χ1) is 13.5. The van der Waals surface area contributed by atoms with E-state index in [1.807, 2.05) is 48.4 Å². The van der Waals surface area contributed by atoms with Crippen molar-refractivity contribution in [2.45, 2.75) is 6.92 Å². The highest BCUT2D eigenvalue weighted by Gasteiger charge is 2.24. The molecule has 2 aromatic carbocycles. The van der Waals surface area contributed by atoms with Crippen LogP contribution in [-0.4, -0.2) is 37.1 Å². The summed E-state index contributed by atoms with van der Waals surface area (Å²) >= 11 is 12.3. The molecule has 1 aromatic heterocycles. The third-order valence-electron chi connectivity index (χ3n) is 5.10. The van der Waals surface area contributed by atoms with Crippen molar-refractivity contribution in [3.63, 3.8) is 0 Å². The number of anilines is 2. The number of hydrogen-bond donors (Lipinski definition) is 1. The Balaban J connectivity index is 1.46. The predicted molar refractivity (Wildman–Crippen MR) is 115 cm³/mol. The van der Waals surface area contributed by atoms with Crippen LogP contribution in [0, 0.1) is 6.92 Å². The van der Waals surface area contributed by atoms with Crippen LogP contribution in [0.1, 0.15) is 5.56 Å². The van der Waals surface area contributed by atoms with E-state index in [4.69, 9.17) is 23.2 Å². The Morgan fingerprint density at radius 3 is 2.61 bits per heavy atom. The van der Waals surface area contributed by atoms with Crippen LogP contribution < -0.4 is 15.2 Å². The topological polar surface area (TPSA) is 49.7 Å². The summed E-state index contributed by atoms with van der Waals surface area (Å²) in [5.41, 5.74) is 3.77. The first-order valence-electron chi connectivity index (χ1n) is 9.19. The zero-order chi connectivity index (χ0) is 19.7. The molecule has 0 saturated carbocycles. The number of nitrogens with zero attached hydrogens (tertiary/aromatic N) is 2. The number of carbonyl (C=O) groups is 1. The molecule has 2 heterocycles. The maximum atomic E-state index is 12.7.